The Balaban J connectivity index is 2.72. The first-order valence-electron chi connectivity index (χ1n) is 5.89. The maximum absolute atomic E-state index is 2.33. The van der Waals surface area contributed by atoms with E-state index in [9.17, 15) is 0 Å². The van der Waals surface area contributed by atoms with Gasteiger partial charge in [0.15, 0.2) is 0 Å². The van der Waals surface area contributed by atoms with E-state index in [1.807, 2.05) is 0 Å². The predicted molar refractivity (Wildman–Crippen MR) is 72.4 cm³/mol. The second kappa shape index (κ2) is 6.28. The van der Waals surface area contributed by atoms with Crippen LogP contribution in [0.4, 0.5) is 0 Å². The van der Waals surface area contributed by atoms with E-state index in [1.165, 1.54) is 12.3 Å². The first-order valence-corrected chi connectivity index (χ1v) is 7.60. The molecule has 0 bridgehead atoms. The molecule has 0 aliphatic heterocycles. The molecule has 0 aliphatic carbocycles. The first kappa shape index (κ1) is 12.7. The molecule has 0 saturated carbocycles. The third kappa shape index (κ3) is 4.80. The summed E-state index contributed by atoms with van der Waals surface area (Å²) in [4.78, 5) is 0. The standard InChI is InChI=1S/C14H23P/c1-12(2)10-15(11-13(3)4)14-8-6-5-7-9-14/h5-9,12-13H,10-11H2,1-4H3. The highest BCUT2D eigenvalue weighted by molar-refractivity contribution is 7.65. The average molecular weight is 222 g/mol. The van der Waals surface area contributed by atoms with Gasteiger partial charge in [0.05, 0.1) is 0 Å². The molecule has 0 radical (unpaired) electrons. The van der Waals surface area contributed by atoms with Crippen molar-refractivity contribution in [1.29, 1.82) is 0 Å². The normalized spacial score (nSPS) is 11.7. The van der Waals surface area contributed by atoms with Crippen molar-refractivity contribution >= 4 is 13.2 Å². The summed E-state index contributed by atoms with van der Waals surface area (Å²) in [5.74, 6) is 1.63. The molecule has 0 heterocycles. The van der Waals surface area contributed by atoms with Crippen LogP contribution in [0.15, 0.2) is 30.3 Å². The lowest BCUT2D eigenvalue weighted by molar-refractivity contribution is 0.721. The van der Waals surface area contributed by atoms with E-state index in [4.69, 9.17) is 0 Å². The zero-order chi connectivity index (χ0) is 11.3. The van der Waals surface area contributed by atoms with Gasteiger partial charge in [-0.25, -0.2) is 0 Å². The van der Waals surface area contributed by atoms with Gasteiger partial charge in [-0.15, -0.1) is 0 Å². The van der Waals surface area contributed by atoms with Crippen LogP contribution in [0.2, 0.25) is 0 Å². The van der Waals surface area contributed by atoms with Crippen LogP contribution >= 0.6 is 7.92 Å². The van der Waals surface area contributed by atoms with E-state index in [0.29, 0.717) is 0 Å². The van der Waals surface area contributed by atoms with Gasteiger partial charge in [-0.3, -0.25) is 0 Å². The average Bonchev–Trinajstić information content (AvgIpc) is 2.17. The van der Waals surface area contributed by atoms with Gasteiger partial charge in [0.25, 0.3) is 0 Å². The fourth-order valence-electron chi connectivity index (χ4n) is 1.81. The highest BCUT2D eigenvalue weighted by Gasteiger charge is 2.13. The Labute approximate surface area is 95.9 Å². The van der Waals surface area contributed by atoms with Gasteiger partial charge in [0.2, 0.25) is 0 Å². The van der Waals surface area contributed by atoms with Gasteiger partial charge in [-0.2, -0.15) is 0 Å². The maximum Gasteiger partial charge on any atom is -0.0240 e. The second-order valence-electron chi connectivity index (χ2n) is 5.03. The van der Waals surface area contributed by atoms with Gasteiger partial charge in [0, 0.05) is 0 Å². The fourth-order valence-corrected chi connectivity index (χ4v) is 4.73. The highest BCUT2D eigenvalue weighted by Crippen LogP contribution is 2.38. The fraction of sp³-hybridized carbons (Fsp3) is 0.571. The summed E-state index contributed by atoms with van der Waals surface area (Å²) in [6.07, 6.45) is 2.75. The molecule has 0 atom stereocenters. The summed E-state index contributed by atoms with van der Waals surface area (Å²) in [7, 11) is 0.0653. The van der Waals surface area contributed by atoms with Crippen LogP contribution in [-0.2, 0) is 0 Å². The van der Waals surface area contributed by atoms with Crippen molar-refractivity contribution in [1.82, 2.24) is 0 Å². The lowest BCUT2D eigenvalue weighted by Crippen LogP contribution is -2.11. The van der Waals surface area contributed by atoms with E-state index in [1.54, 1.807) is 5.30 Å². The number of benzene rings is 1. The zero-order valence-electron chi connectivity index (χ0n) is 10.4. The van der Waals surface area contributed by atoms with Crippen LogP contribution in [0.25, 0.3) is 0 Å². The number of hydrogen-bond acceptors (Lipinski definition) is 0. The van der Waals surface area contributed by atoms with Crippen LogP contribution in [0, 0.1) is 11.8 Å². The Morgan fingerprint density at radius 2 is 1.33 bits per heavy atom. The zero-order valence-corrected chi connectivity index (χ0v) is 11.3. The molecule has 15 heavy (non-hydrogen) atoms. The minimum atomic E-state index is 0.0653. The molecule has 84 valence electrons. The number of rotatable bonds is 5. The topological polar surface area (TPSA) is 0 Å². The smallest absolute Gasteiger partial charge is 0.0240 e. The van der Waals surface area contributed by atoms with Crippen molar-refractivity contribution in [2.75, 3.05) is 12.3 Å². The third-order valence-electron chi connectivity index (χ3n) is 2.29. The Morgan fingerprint density at radius 3 is 1.73 bits per heavy atom. The molecule has 1 heteroatoms. The molecule has 0 aromatic heterocycles. The maximum atomic E-state index is 2.33. The molecule has 0 N–H and O–H groups in total. The summed E-state index contributed by atoms with van der Waals surface area (Å²) in [5, 5.41) is 1.58. The Kier molecular flexibility index (Phi) is 5.32. The van der Waals surface area contributed by atoms with Crippen LogP contribution in [0.1, 0.15) is 27.7 Å². The molecule has 0 fully saturated rings. The van der Waals surface area contributed by atoms with Gasteiger partial charge in [-0.05, 0) is 29.5 Å². The largest absolute Gasteiger partial charge is 0.0748 e. The third-order valence-corrected chi connectivity index (χ3v) is 5.66. The summed E-state index contributed by atoms with van der Waals surface area (Å²) >= 11 is 0. The molecule has 1 aromatic rings. The predicted octanol–water partition coefficient (Wildman–Crippen LogP) is 4.11. The van der Waals surface area contributed by atoms with Crippen molar-refractivity contribution in [3.8, 4) is 0 Å². The van der Waals surface area contributed by atoms with Crippen molar-refractivity contribution < 1.29 is 0 Å². The van der Waals surface area contributed by atoms with E-state index in [-0.39, 0.29) is 7.92 Å². The Hall–Kier alpha value is -0.350. The van der Waals surface area contributed by atoms with E-state index < -0.39 is 0 Å². The van der Waals surface area contributed by atoms with Crippen LogP contribution < -0.4 is 5.30 Å². The SMILES string of the molecule is CC(C)CP(CC(C)C)c1ccccc1. The van der Waals surface area contributed by atoms with Crippen LogP contribution in [0.5, 0.6) is 0 Å². The van der Waals surface area contributed by atoms with E-state index in [0.717, 1.165) is 11.8 Å². The summed E-state index contributed by atoms with van der Waals surface area (Å²) in [6.45, 7) is 9.33. The van der Waals surface area contributed by atoms with Crippen molar-refractivity contribution in [3.63, 3.8) is 0 Å². The van der Waals surface area contributed by atoms with Crippen molar-refractivity contribution in [3.05, 3.63) is 30.3 Å². The van der Waals surface area contributed by atoms with Crippen LogP contribution in [0.3, 0.4) is 0 Å². The quantitative estimate of drug-likeness (QED) is 0.658. The monoisotopic (exact) mass is 222 g/mol. The minimum Gasteiger partial charge on any atom is -0.0748 e. The number of hydrogen-bond donors (Lipinski definition) is 0. The molecule has 1 rings (SSSR count). The van der Waals surface area contributed by atoms with Crippen molar-refractivity contribution in [2.24, 2.45) is 11.8 Å². The Morgan fingerprint density at radius 1 is 0.867 bits per heavy atom. The Bertz CT molecular complexity index is 254. The lowest BCUT2D eigenvalue weighted by Gasteiger charge is -2.22. The minimum absolute atomic E-state index is 0.0653. The summed E-state index contributed by atoms with van der Waals surface area (Å²) < 4.78 is 0. The molecule has 0 saturated heterocycles. The van der Waals surface area contributed by atoms with Gasteiger partial charge < -0.3 is 0 Å². The van der Waals surface area contributed by atoms with Crippen molar-refractivity contribution in [2.45, 2.75) is 27.7 Å². The molecular formula is C14H23P. The van der Waals surface area contributed by atoms with Crippen LogP contribution in [-0.4, -0.2) is 12.3 Å². The van der Waals surface area contributed by atoms with Gasteiger partial charge in [-0.1, -0.05) is 65.9 Å². The summed E-state index contributed by atoms with van der Waals surface area (Å²) in [5.41, 5.74) is 0. The first-order chi connectivity index (χ1) is 7.09. The molecule has 0 nitrogen and oxygen atoms in total. The molecular weight excluding hydrogens is 199 g/mol. The lowest BCUT2D eigenvalue weighted by atomic mass is 10.3. The molecule has 0 unspecified atom stereocenters. The van der Waals surface area contributed by atoms with E-state index >= 15 is 0 Å². The molecule has 1 aromatic carbocycles. The van der Waals surface area contributed by atoms with Gasteiger partial charge >= 0.3 is 0 Å². The van der Waals surface area contributed by atoms with Gasteiger partial charge in [0.1, 0.15) is 0 Å². The molecule has 0 spiro atoms. The summed E-state index contributed by atoms with van der Waals surface area (Å²) in [6, 6.07) is 11.1. The molecule has 0 aliphatic rings. The second-order valence-corrected chi connectivity index (χ2v) is 7.35. The highest BCUT2D eigenvalue weighted by atomic mass is 31.1. The van der Waals surface area contributed by atoms with E-state index in [2.05, 4.69) is 58.0 Å². The molecule has 0 amide bonds.